The smallest absolute Gasteiger partial charge is 0.331 e. The minimum Gasteiger partial charge on any atom is -0.395 e. The molecule has 0 unspecified atom stereocenters. The van der Waals surface area contributed by atoms with E-state index in [9.17, 15) is 4.79 Å². The molecule has 0 aromatic carbocycles. The highest BCUT2D eigenvalue weighted by Gasteiger charge is 2.22. The fourth-order valence-corrected chi connectivity index (χ4v) is 3.20. The van der Waals surface area contributed by atoms with Gasteiger partial charge in [-0.1, -0.05) is 12.8 Å². The van der Waals surface area contributed by atoms with Gasteiger partial charge in [0.25, 0.3) is 0 Å². The molecule has 2 rings (SSSR count). The first-order chi connectivity index (χ1) is 11.0. The molecule has 2 saturated heterocycles. The summed E-state index contributed by atoms with van der Waals surface area (Å²) in [7, 11) is 5.76. The molecule has 7 heteroatoms. The van der Waals surface area contributed by atoms with Crippen LogP contribution in [0.15, 0.2) is 0 Å². The number of hydrazine groups is 1. The van der Waals surface area contributed by atoms with Crippen LogP contribution in [0.3, 0.4) is 0 Å². The topological polar surface area (TPSA) is 85.1 Å². The van der Waals surface area contributed by atoms with Gasteiger partial charge in [0.2, 0.25) is 0 Å². The summed E-state index contributed by atoms with van der Waals surface area (Å²) in [5.41, 5.74) is 0. The fourth-order valence-electron chi connectivity index (χ4n) is 3.20. The number of hydrogen-bond acceptors (Lipinski definition) is 5. The van der Waals surface area contributed by atoms with E-state index >= 15 is 0 Å². The summed E-state index contributed by atoms with van der Waals surface area (Å²) in [4.78, 5) is 15.7. The molecule has 2 amide bonds. The summed E-state index contributed by atoms with van der Waals surface area (Å²) in [6.45, 7) is 3.20. The number of nitrogens with one attached hydrogen (secondary N) is 1. The zero-order valence-electron chi connectivity index (χ0n) is 15.0. The third kappa shape index (κ3) is 7.03. The SMILES string of the molecule is CN1CCCC[C@@H]1CO.CNC(=O)N(N)C[C@H]1CCCCN1C. The van der Waals surface area contributed by atoms with Crippen molar-refractivity contribution in [2.75, 3.05) is 47.4 Å². The molecule has 0 bridgehead atoms. The second-order valence-electron chi connectivity index (χ2n) is 6.65. The number of carbonyl (C=O) groups is 1. The number of piperidine rings is 2. The van der Waals surface area contributed by atoms with E-state index in [1.807, 2.05) is 0 Å². The van der Waals surface area contributed by atoms with Crippen molar-refractivity contribution in [3.63, 3.8) is 0 Å². The predicted molar refractivity (Wildman–Crippen MR) is 93.0 cm³/mol. The van der Waals surface area contributed by atoms with Crippen LogP contribution < -0.4 is 11.2 Å². The normalized spacial score (nSPS) is 26.1. The molecule has 0 aromatic heterocycles. The van der Waals surface area contributed by atoms with Crippen molar-refractivity contribution in [1.29, 1.82) is 0 Å². The molecule has 2 atom stereocenters. The van der Waals surface area contributed by atoms with Crippen molar-refractivity contribution in [2.24, 2.45) is 5.84 Å². The van der Waals surface area contributed by atoms with Gasteiger partial charge in [-0.05, 0) is 52.9 Å². The second-order valence-corrected chi connectivity index (χ2v) is 6.65. The van der Waals surface area contributed by atoms with Gasteiger partial charge < -0.3 is 20.2 Å². The summed E-state index contributed by atoms with van der Waals surface area (Å²) in [6, 6.07) is 0.633. The highest BCUT2D eigenvalue weighted by atomic mass is 16.3. The van der Waals surface area contributed by atoms with E-state index in [1.165, 1.54) is 37.1 Å². The van der Waals surface area contributed by atoms with E-state index in [1.54, 1.807) is 7.05 Å². The van der Waals surface area contributed by atoms with Gasteiger partial charge in [-0.3, -0.25) is 5.01 Å². The Hall–Kier alpha value is -0.890. The summed E-state index contributed by atoms with van der Waals surface area (Å²) in [5, 5.41) is 12.6. The van der Waals surface area contributed by atoms with Crippen molar-refractivity contribution >= 4 is 6.03 Å². The first kappa shape index (κ1) is 20.2. The fraction of sp³-hybridized carbons (Fsp3) is 0.938. The molecule has 23 heavy (non-hydrogen) atoms. The molecule has 0 saturated carbocycles. The number of aliphatic hydroxyl groups is 1. The maximum Gasteiger partial charge on any atom is 0.331 e. The van der Waals surface area contributed by atoms with Gasteiger partial charge in [-0.25, -0.2) is 10.6 Å². The van der Waals surface area contributed by atoms with Gasteiger partial charge >= 0.3 is 6.03 Å². The number of urea groups is 1. The second kappa shape index (κ2) is 10.8. The number of likely N-dealkylation sites (N-methyl/N-ethyl adjacent to an activating group) is 2. The molecule has 2 fully saturated rings. The number of rotatable bonds is 3. The van der Waals surface area contributed by atoms with Crippen LogP contribution in [-0.2, 0) is 0 Å². The van der Waals surface area contributed by atoms with Crippen molar-refractivity contribution in [3.8, 4) is 0 Å². The average molecular weight is 329 g/mol. The zero-order chi connectivity index (χ0) is 17.2. The Morgan fingerprint density at radius 3 is 2.04 bits per heavy atom. The van der Waals surface area contributed by atoms with E-state index in [0.717, 1.165) is 19.5 Å². The molecular weight excluding hydrogens is 294 g/mol. The van der Waals surface area contributed by atoms with Crippen molar-refractivity contribution in [1.82, 2.24) is 20.1 Å². The lowest BCUT2D eigenvalue weighted by Crippen LogP contribution is -2.51. The van der Waals surface area contributed by atoms with Gasteiger partial charge in [0.15, 0.2) is 0 Å². The summed E-state index contributed by atoms with van der Waals surface area (Å²) in [6.07, 6.45) is 7.37. The standard InChI is InChI=1S/C9H20N4O.C7H15NO/c1-11-9(14)13(10)7-8-5-3-4-6-12(8)2;1-8-5-3-2-4-7(8)6-9/h8H,3-7,10H2,1-2H3,(H,11,14);7,9H,2-6H2,1H3/t8-;7-/m11/s1. The molecule has 0 aliphatic carbocycles. The molecule has 4 N–H and O–H groups in total. The van der Waals surface area contributed by atoms with Crippen LogP contribution in [0.1, 0.15) is 38.5 Å². The molecule has 2 heterocycles. The lowest BCUT2D eigenvalue weighted by molar-refractivity contribution is 0.114. The third-order valence-corrected chi connectivity index (χ3v) is 4.94. The Morgan fingerprint density at radius 1 is 1.13 bits per heavy atom. The van der Waals surface area contributed by atoms with Crippen LogP contribution >= 0.6 is 0 Å². The molecule has 0 aromatic rings. The van der Waals surface area contributed by atoms with Crippen LogP contribution in [0.5, 0.6) is 0 Å². The molecule has 7 nitrogen and oxygen atoms in total. The maximum atomic E-state index is 11.2. The van der Waals surface area contributed by atoms with Gasteiger partial charge in [-0.15, -0.1) is 0 Å². The van der Waals surface area contributed by atoms with Gasteiger partial charge in [-0.2, -0.15) is 0 Å². The van der Waals surface area contributed by atoms with Crippen LogP contribution in [0, 0.1) is 0 Å². The van der Waals surface area contributed by atoms with Crippen molar-refractivity contribution in [2.45, 2.75) is 50.6 Å². The Morgan fingerprint density at radius 2 is 1.65 bits per heavy atom. The lowest BCUT2D eigenvalue weighted by Gasteiger charge is -2.34. The highest BCUT2D eigenvalue weighted by Crippen LogP contribution is 2.15. The van der Waals surface area contributed by atoms with E-state index < -0.39 is 0 Å². The third-order valence-electron chi connectivity index (χ3n) is 4.94. The van der Waals surface area contributed by atoms with Crippen LogP contribution in [0.2, 0.25) is 0 Å². The van der Waals surface area contributed by atoms with Gasteiger partial charge in [0.05, 0.1) is 13.2 Å². The van der Waals surface area contributed by atoms with E-state index in [0.29, 0.717) is 25.2 Å². The molecule has 2 aliphatic rings. The monoisotopic (exact) mass is 329 g/mol. The number of aliphatic hydroxyl groups excluding tert-OH is 1. The molecule has 2 aliphatic heterocycles. The summed E-state index contributed by atoms with van der Waals surface area (Å²) in [5.74, 6) is 5.62. The molecule has 0 radical (unpaired) electrons. The number of nitrogens with two attached hydrogens (primary N) is 1. The van der Waals surface area contributed by atoms with Gasteiger partial charge in [0, 0.05) is 19.1 Å². The predicted octanol–water partition coefficient (Wildman–Crippen LogP) is 0.449. The van der Waals surface area contributed by atoms with Crippen LogP contribution in [0.4, 0.5) is 4.79 Å². The molecule has 0 spiro atoms. The Balaban J connectivity index is 0.000000253. The van der Waals surface area contributed by atoms with E-state index in [-0.39, 0.29) is 6.03 Å². The molecular formula is C16H35N5O2. The van der Waals surface area contributed by atoms with Crippen LogP contribution in [-0.4, -0.2) is 85.4 Å². The van der Waals surface area contributed by atoms with Gasteiger partial charge in [0.1, 0.15) is 0 Å². The number of carbonyl (C=O) groups excluding carboxylic acids is 1. The summed E-state index contributed by atoms with van der Waals surface area (Å²) >= 11 is 0. The number of likely N-dealkylation sites (tertiary alicyclic amines) is 2. The lowest BCUT2D eigenvalue weighted by atomic mass is 10.0. The van der Waals surface area contributed by atoms with E-state index in [2.05, 4.69) is 29.2 Å². The minimum atomic E-state index is -0.219. The first-order valence-electron chi connectivity index (χ1n) is 8.74. The zero-order valence-corrected chi connectivity index (χ0v) is 15.0. The first-order valence-corrected chi connectivity index (χ1v) is 8.74. The minimum absolute atomic E-state index is 0.219. The Kier molecular flexibility index (Phi) is 9.47. The summed E-state index contributed by atoms with van der Waals surface area (Å²) < 4.78 is 0. The van der Waals surface area contributed by atoms with Crippen LogP contribution in [0.25, 0.3) is 0 Å². The molecule has 136 valence electrons. The largest absolute Gasteiger partial charge is 0.395 e. The Bertz CT molecular complexity index is 342. The number of nitrogens with zero attached hydrogens (tertiary/aromatic N) is 3. The quantitative estimate of drug-likeness (QED) is 0.398. The number of amides is 2. The Labute approximate surface area is 140 Å². The number of hydrogen-bond donors (Lipinski definition) is 3. The maximum absolute atomic E-state index is 11.2. The van der Waals surface area contributed by atoms with Crippen molar-refractivity contribution < 1.29 is 9.90 Å². The average Bonchev–Trinajstić information content (AvgIpc) is 2.57. The van der Waals surface area contributed by atoms with Crippen molar-refractivity contribution in [3.05, 3.63) is 0 Å². The van der Waals surface area contributed by atoms with E-state index in [4.69, 9.17) is 10.9 Å². The highest BCUT2D eigenvalue weighted by molar-refractivity contribution is 5.73.